The highest BCUT2D eigenvalue weighted by Crippen LogP contribution is 2.28. The Labute approximate surface area is 126 Å². The Morgan fingerprint density at radius 2 is 2.20 bits per heavy atom. The number of nitrogens with one attached hydrogen (secondary N) is 1. The summed E-state index contributed by atoms with van der Waals surface area (Å²) >= 11 is 1.80. The van der Waals surface area contributed by atoms with Crippen LogP contribution in [0.15, 0.2) is 5.38 Å². The average Bonchev–Trinajstić information content (AvgIpc) is 3.04. The molecule has 0 radical (unpaired) electrons. The van der Waals surface area contributed by atoms with Crippen LogP contribution in [0.5, 0.6) is 0 Å². The van der Waals surface area contributed by atoms with E-state index in [-0.39, 0.29) is 5.41 Å². The van der Waals surface area contributed by atoms with Gasteiger partial charge in [0.05, 0.1) is 10.7 Å². The molecule has 2 fully saturated rings. The zero-order valence-corrected chi connectivity index (χ0v) is 13.8. The summed E-state index contributed by atoms with van der Waals surface area (Å²) in [6, 6.07) is 1.54. The van der Waals surface area contributed by atoms with E-state index in [9.17, 15) is 0 Å². The number of hydrogen-bond acceptors (Lipinski definition) is 4. The first-order valence-electron chi connectivity index (χ1n) is 7.95. The molecule has 1 N–H and O–H groups in total. The largest absolute Gasteiger partial charge is 0.308 e. The summed E-state index contributed by atoms with van der Waals surface area (Å²) in [7, 11) is 0. The number of fused-ring (bicyclic) bond motifs is 1. The van der Waals surface area contributed by atoms with Crippen LogP contribution in [-0.4, -0.2) is 35.1 Å². The van der Waals surface area contributed by atoms with Gasteiger partial charge in [-0.2, -0.15) is 0 Å². The molecule has 2 atom stereocenters. The van der Waals surface area contributed by atoms with Gasteiger partial charge in [0.15, 0.2) is 0 Å². The van der Waals surface area contributed by atoms with Crippen LogP contribution >= 0.6 is 11.3 Å². The van der Waals surface area contributed by atoms with Crippen LogP contribution in [0.1, 0.15) is 57.2 Å². The van der Waals surface area contributed by atoms with Crippen molar-refractivity contribution >= 4 is 11.3 Å². The van der Waals surface area contributed by atoms with Crippen LogP contribution in [-0.2, 0) is 12.0 Å². The minimum atomic E-state index is 0.179. The van der Waals surface area contributed by atoms with E-state index in [1.807, 2.05) is 0 Å². The molecule has 0 aromatic carbocycles. The van der Waals surface area contributed by atoms with Crippen molar-refractivity contribution in [3.8, 4) is 0 Å². The molecular formula is C16H27N3S. The second kappa shape index (κ2) is 5.74. The fraction of sp³-hybridized carbons (Fsp3) is 0.812. The first-order chi connectivity index (χ1) is 9.52. The van der Waals surface area contributed by atoms with Gasteiger partial charge >= 0.3 is 0 Å². The smallest absolute Gasteiger partial charge is 0.0982 e. The third kappa shape index (κ3) is 3.23. The Hall–Kier alpha value is -0.450. The highest BCUT2D eigenvalue weighted by atomic mass is 32.1. The van der Waals surface area contributed by atoms with Gasteiger partial charge in [-0.25, -0.2) is 4.98 Å². The van der Waals surface area contributed by atoms with Crippen molar-refractivity contribution in [3.63, 3.8) is 0 Å². The zero-order chi connectivity index (χ0) is 14.2. The van der Waals surface area contributed by atoms with Gasteiger partial charge in [-0.1, -0.05) is 20.8 Å². The molecule has 0 saturated carbocycles. The molecule has 2 aliphatic rings. The van der Waals surface area contributed by atoms with Crippen molar-refractivity contribution in [1.82, 2.24) is 15.2 Å². The molecule has 0 spiro atoms. The number of nitrogens with zero attached hydrogens (tertiary/aromatic N) is 2. The van der Waals surface area contributed by atoms with E-state index in [1.165, 1.54) is 49.5 Å². The van der Waals surface area contributed by atoms with Gasteiger partial charge in [0.25, 0.3) is 0 Å². The fourth-order valence-electron chi connectivity index (χ4n) is 3.39. The maximum absolute atomic E-state index is 4.78. The highest BCUT2D eigenvalue weighted by Gasteiger charge is 2.31. The summed E-state index contributed by atoms with van der Waals surface area (Å²) in [6.45, 7) is 10.3. The molecule has 1 aromatic rings. The Morgan fingerprint density at radius 3 is 2.95 bits per heavy atom. The van der Waals surface area contributed by atoms with Crippen molar-refractivity contribution < 1.29 is 0 Å². The minimum Gasteiger partial charge on any atom is -0.308 e. The van der Waals surface area contributed by atoms with Gasteiger partial charge in [0.2, 0.25) is 0 Å². The summed E-state index contributed by atoms with van der Waals surface area (Å²) in [4.78, 5) is 7.46. The van der Waals surface area contributed by atoms with Crippen molar-refractivity contribution in [2.75, 3.05) is 13.1 Å². The lowest BCUT2D eigenvalue weighted by Gasteiger charge is -2.35. The molecule has 0 bridgehead atoms. The summed E-state index contributed by atoms with van der Waals surface area (Å²) < 4.78 is 0. The van der Waals surface area contributed by atoms with Crippen molar-refractivity contribution in [2.45, 2.75) is 70.5 Å². The van der Waals surface area contributed by atoms with Crippen molar-refractivity contribution in [3.05, 3.63) is 16.1 Å². The number of thiazole rings is 1. The Kier molecular flexibility index (Phi) is 4.16. The summed E-state index contributed by atoms with van der Waals surface area (Å²) in [5.74, 6) is 0. The van der Waals surface area contributed by atoms with Gasteiger partial charge < -0.3 is 10.2 Å². The second-order valence-electron chi connectivity index (χ2n) is 7.33. The van der Waals surface area contributed by atoms with Gasteiger partial charge in [0.1, 0.15) is 0 Å². The fourth-order valence-corrected chi connectivity index (χ4v) is 4.30. The molecule has 1 aromatic heterocycles. The van der Waals surface area contributed by atoms with Crippen LogP contribution in [0.25, 0.3) is 0 Å². The molecule has 0 aliphatic carbocycles. The van der Waals surface area contributed by atoms with Gasteiger partial charge in [-0.3, -0.25) is 0 Å². The molecule has 2 aliphatic heterocycles. The number of hydrogen-bond donors (Lipinski definition) is 1. The molecule has 0 amide bonds. The minimum absolute atomic E-state index is 0.179. The van der Waals surface area contributed by atoms with Crippen LogP contribution in [0.2, 0.25) is 0 Å². The molecule has 3 rings (SSSR count). The standard InChI is InChI=1S/C16H27N3S/c1-16(2,3)15-18-13(11-20-15)10-17-12-6-8-19-7-4-5-14(19)9-12/h11-12,14,17H,4-10H2,1-3H3. The normalized spacial score (nSPS) is 27.8. The lowest BCUT2D eigenvalue weighted by atomic mass is 9.97. The van der Waals surface area contributed by atoms with Crippen LogP contribution in [0, 0.1) is 0 Å². The van der Waals surface area contributed by atoms with Gasteiger partial charge in [0, 0.05) is 29.4 Å². The average molecular weight is 293 g/mol. The summed E-state index contributed by atoms with van der Waals surface area (Å²) in [5, 5.41) is 7.20. The third-order valence-electron chi connectivity index (χ3n) is 4.59. The van der Waals surface area contributed by atoms with E-state index in [4.69, 9.17) is 4.98 Å². The maximum atomic E-state index is 4.78. The summed E-state index contributed by atoms with van der Waals surface area (Å²) in [5.41, 5.74) is 1.40. The molecule has 2 unspecified atom stereocenters. The van der Waals surface area contributed by atoms with E-state index in [1.54, 1.807) is 11.3 Å². The Balaban J connectivity index is 1.51. The number of aromatic nitrogens is 1. The second-order valence-corrected chi connectivity index (χ2v) is 8.19. The molecule has 112 valence electrons. The highest BCUT2D eigenvalue weighted by molar-refractivity contribution is 7.09. The zero-order valence-electron chi connectivity index (χ0n) is 13.0. The monoisotopic (exact) mass is 293 g/mol. The Bertz CT molecular complexity index is 449. The van der Waals surface area contributed by atoms with Crippen molar-refractivity contribution in [1.29, 1.82) is 0 Å². The van der Waals surface area contributed by atoms with E-state index >= 15 is 0 Å². The predicted molar refractivity (Wildman–Crippen MR) is 85.3 cm³/mol. The molecular weight excluding hydrogens is 266 g/mol. The van der Waals surface area contributed by atoms with E-state index in [0.717, 1.165) is 12.6 Å². The topological polar surface area (TPSA) is 28.2 Å². The SMILES string of the molecule is CC(C)(C)c1nc(CNC2CCN3CCCC3C2)cs1. The van der Waals surface area contributed by atoms with Gasteiger partial charge in [-0.15, -0.1) is 11.3 Å². The predicted octanol–water partition coefficient (Wildman–Crippen LogP) is 3.16. The Morgan fingerprint density at radius 1 is 1.35 bits per heavy atom. The molecule has 20 heavy (non-hydrogen) atoms. The first-order valence-corrected chi connectivity index (χ1v) is 8.82. The van der Waals surface area contributed by atoms with Gasteiger partial charge in [-0.05, 0) is 38.8 Å². The van der Waals surface area contributed by atoms with Crippen LogP contribution in [0.3, 0.4) is 0 Å². The molecule has 4 heteroatoms. The van der Waals surface area contributed by atoms with E-state index in [2.05, 4.69) is 36.4 Å². The van der Waals surface area contributed by atoms with Crippen molar-refractivity contribution in [2.24, 2.45) is 0 Å². The molecule has 3 heterocycles. The number of piperidine rings is 1. The first kappa shape index (κ1) is 14.5. The van der Waals surface area contributed by atoms with Crippen LogP contribution in [0.4, 0.5) is 0 Å². The van der Waals surface area contributed by atoms with Crippen LogP contribution < -0.4 is 5.32 Å². The third-order valence-corrected chi connectivity index (χ3v) is 5.90. The number of rotatable bonds is 3. The quantitative estimate of drug-likeness (QED) is 0.928. The van der Waals surface area contributed by atoms with E-state index < -0.39 is 0 Å². The molecule has 3 nitrogen and oxygen atoms in total. The summed E-state index contributed by atoms with van der Waals surface area (Å²) in [6.07, 6.45) is 5.44. The lowest BCUT2D eigenvalue weighted by molar-refractivity contribution is 0.166. The lowest BCUT2D eigenvalue weighted by Crippen LogP contribution is -2.45. The maximum Gasteiger partial charge on any atom is 0.0982 e. The van der Waals surface area contributed by atoms with E-state index in [0.29, 0.717) is 6.04 Å². The molecule has 2 saturated heterocycles.